The third-order valence-corrected chi connectivity index (χ3v) is 4.90. The highest BCUT2D eigenvalue weighted by molar-refractivity contribution is 5.50. The lowest BCUT2D eigenvalue weighted by Crippen LogP contribution is -2.09. The van der Waals surface area contributed by atoms with Gasteiger partial charge in [0, 0.05) is 24.5 Å². The van der Waals surface area contributed by atoms with Gasteiger partial charge in [-0.25, -0.2) is 9.97 Å². The minimum absolute atomic E-state index is 0.0603. The van der Waals surface area contributed by atoms with Crippen molar-refractivity contribution in [3.8, 4) is 0 Å². The number of non-ortho nitro benzene ring substituents is 1. The number of hydrogen-bond donors (Lipinski definition) is 0. The fraction of sp³-hybridized carbons (Fsp3) is 0.0476. The van der Waals surface area contributed by atoms with Gasteiger partial charge >= 0.3 is 0 Å². The molecule has 4 heterocycles. The van der Waals surface area contributed by atoms with E-state index in [4.69, 9.17) is 0 Å². The number of rotatable bonds is 4. The second-order valence-corrected chi connectivity index (χ2v) is 6.51. The van der Waals surface area contributed by atoms with Crippen molar-refractivity contribution in [1.82, 2.24) is 18.8 Å². The summed E-state index contributed by atoms with van der Waals surface area (Å²) in [6.45, 7) is 0. The Morgan fingerprint density at radius 2 is 1.43 bits per heavy atom. The second-order valence-electron chi connectivity index (χ2n) is 6.51. The fourth-order valence-corrected chi connectivity index (χ4v) is 3.64. The van der Waals surface area contributed by atoms with Crippen molar-refractivity contribution in [1.29, 1.82) is 0 Å². The summed E-state index contributed by atoms with van der Waals surface area (Å²) in [6, 6.07) is 18.4. The van der Waals surface area contributed by atoms with E-state index in [0.717, 1.165) is 28.2 Å². The predicted molar refractivity (Wildman–Crippen MR) is 104 cm³/mol. The Hall–Kier alpha value is -4.00. The molecule has 136 valence electrons. The van der Waals surface area contributed by atoms with Gasteiger partial charge in [0.2, 0.25) is 0 Å². The van der Waals surface area contributed by atoms with Gasteiger partial charge in [0.15, 0.2) is 0 Å². The van der Waals surface area contributed by atoms with Gasteiger partial charge in [-0.1, -0.05) is 24.3 Å². The largest absolute Gasteiger partial charge is 0.303 e. The van der Waals surface area contributed by atoms with Crippen LogP contribution in [0.1, 0.15) is 22.9 Å². The van der Waals surface area contributed by atoms with Crippen LogP contribution < -0.4 is 0 Å². The predicted octanol–water partition coefficient (Wildman–Crippen LogP) is 4.07. The van der Waals surface area contributed by atoms with E-state index < -0.39 is 0 Å². The highest BCUT2D eigenvalue weighted by atomic mass is 16.6. The number of imidazole rings is 2. The molecule has 0 spiro atoms. The Kier molecular flexibility index (Phi) is 3.65. The first-order valence-electron chi connectivity index (χ1n) is 8.81. The number of pyridine rings is 2. The van der Waals surface area contributed by atoms with Crippen LogP contribution in [0.5, 0.6) is 0 Å². The summed E-state index contributed by atoms with van der Waals surface area (Å²) in [7, 11) is 0. The molecule has 0 radical (unpaired) electrons. The van der Waals surface area contributed by atoms with E-state index in [2.05, 4.69) is 9.97 Å². The van der Waals surface area contributed by atoms with Gasteiger partial charge in [-0.2, -0.15) is 0 Å². The minimum atomic E-state index is -0.371. The summed E-state index contributed by atoms with van der Waals surface area (Å²) in [4.78, 5) is 20.0. The molecular weight excluding hydrogens is 354 g/mol. The van der Waals surface area contributed by atoms with Crippen LogP contribution in [0.3, 0.4) is 0 Å². The molecule has 0 saturated heterocycles. The van der Waals surface area contributed by atoms with Crippen LogP contribution in [0.2, 0.25) is 0 Å². The lowest BCUT2D eigenvalue weighted by atomic mass is 9.92. The average molecular weight is 369 g/mol. The summed E-state index contributed by atoms with van der Waals surface area (Å²) in [5.74, 6) is -0.269. The summed E-state index contributed by atoms with van der Waals surface area (Å²) < 4.78 is 4.01. The van der Waals surface area contributed by atoms with E-state index in [1.807, 2.05) is 76.1 Å². The van der Waals surface area contributed by atoms with Gasteiger partial charge in [-0.05, 0) is 29.8 Å². The smallest absolute Gasteiger partial charge is 0.269 e. The van der Waals surface area contributed by atoms with Crippen LogP contribution in [0.4, 0.5) is 5.69 Å². The first-order valence-corrected chi connectivity index (χ1v) is 8.81. The lowest BCUT2D eigenvalue weighted by molar-refractivity contribution is -0.384. The first kappa shape index (κ1) is 16.2. The molecule has 0 aliphatic carbocycles. The molecule has 5 aromatic rings. The minimum Gasteiger partial charge on any atom is -0.303 e. The van der Waals surface area contributed by atoms with Crippen molar-refractivity contribution in [2.45, 2.75) is 5.92 Å². The monoisotopic (exact) mass is 369 g/mol. The Balaban J connectivity index is 1.80. The zero-order chi connectivity index (χ0) is 19.1. The van der Waals surface area contributed by atoms with Crippen molar-refractivity contribution >= 4 is 17.0 Å². The molecule has 4 aromatic heterocycles. The lowest BCUT2D eigenvalue weighted by Gasteiger charge is -2.17. The maximum Gasteiger partial charge on any atom is 0.269 e. The highest BCUT2D eigenvalue weighted by Crippen LogP contribution is 2.34. The Labute approximate surface area is 159 Å². The second kappa shape index (κ2) is 6.31. The fourth-order valence-electron chi connectivity index (χ4n) is 3.64. The summed E-state index contributed by atoms with van der Waals surface area (Å²) >= 11 is 0. The normalized spacial score (nSPS) is 11.5. The molecule has 0 unspecified atom stereocenters. The van der Waals surface area contributed by atoms with Gasteiger partial charge in [-0.15, -0.1) is 0 Å². The summed E-state index contributed by atoms with van der Waals surface area (Å²) in [6.07, 6.45) is 7.54. The number of nitro benzene ring substituents is 1. The van der Waals surface area contributed by atoms with Crippen molar-refractivity contribution in [2.24, 2.45) is 0 Å². The van der Waals surface area contributed by atoms with E-state index in [1.54, 1.807) is 12.1 Å². The Bertz CT molecular complexity index is 1250. The van der Waals surface area contributed by atoms with Crippen LogP contribution in [-0.4, -0.2) is 23.7 Å². The molecule has 0 bridgehead atoms. The molecule has 1 aromatic carbocycles. The maximum absolute atomic E-state index is 11.3. The van der Waals surface area contributed by atoms with Crippen molar-refractivity contribution in [3.05, 3.63) is 113 Å². The van der Waals surface area contributed by atoms with E-state index in [1.165, 1.54) is 6.07 Å². The van der Waals surface area contributed by atoms with Crippen molar-refractivity contribution < 1.29 is 4.92 Å². The highest BCUT2D eigenvalue weighted by Gasteiger charge is 2.25. The van der Waals surface area contributed by atoms with E-state index in [-0.39, 0.29) is 16.5 Å². The molecule has 0 aliphatic rings. The molecule has 0 saturated carbocycles. The molecule has 7 heteroatoms. The molecule has 28 heavy (non-hydrogen) atoms. The quantitative estimate of drug-likeness (QED) is 0.353. The molecule has 0 amide bonds. The number of fused-ring (bicyclic) bond motifs is 2. The number of hydrogen-bond acceptors (Lipinski definition) is 4. The zero-order valence-corrected chi connectivity index (χ0v) is 14.7. The molecule has 0 N–H and O–H groups in total. The van der Waals surface area contributed by atoms with Crippen LogP contribution in [-0.2, 0) is 0 Å². The molecule has 0 atom stereocenters. The third kappa shape index (κ3) is 2.52. The third-order valence-electron chi connectivity index (χ3n) is 4.90. The van der Waals surface area contributed by atoms with Crippen LogP contribution in [0, 0.1) is 10.1 Å². The molecule has 7 nitrogen and oxygen atoms in total. The van der Waals surface area contributed by atoms with Crippen molar-refractivity contribution in [2.75, 3.05) is 0 Å². The number of benzene rings is 1. The Morgan fingerprint density at radius 1 is 0.821 bits per heavy atom. The van der Waals surface area contributed by atoms with Crippen molar-refractivity contribution in [3.63, 3.8) is 0 Å². The number of nitro groups is 1. The van der Waals surface area contributed by atoms with Gasteiger partial charge < -0.3 is 8.80 Å². The van der Waals surface area contributed by atoms with E-state index >= 15 is 0 Å². The Morgan fingerprint density at radius 3 is 2.00 bits per heavy atom. The van der Waals surface area contributed by atoms with Gasteiger partial charge in [0.05, 0.1) is 34.6 Å². The molecule has 0 aliphatic heterocycles. The van der Waals surface area contributed by atoms with Gasteiger partial charge in [0.25, 0.3) is 5.69 Å². The van der Waals surface area contributed by atoms with E-state index in [0.29, 0.717) is 0 Å². The first-order chi connectivity index (χ1) is 13.7. The van der Waals surface area contributed by atoms with Gasteiger partial charge in [0.1, 0.15) is 11.3 Å². The molecule has 0 fully saturated rings. The number of nitrogens with zero attached hydrogens (tertiary/aromatic N) is 5. The zero-order valence-electron chi connectivity index (χ0n) is 14.7. The molecule has 5 rings (SSSR count). The van der Waals surface area contributed by atoms with Crippen LogP contribution >= 0.6 is 0 Å². The topological polar surface area (TPSA) is 77.7 Å². The van der Waals surface area contributed by atoms with Gasteiger partial charge in [-0.3, -0.25) is 10.1 Å². The molecular formula is C21H15N5O2. The van der Waals surface area contributed by atoms with Crippen LogP contribution in [0.15, 0.2) is 85.5 Å². The number of aromatic nitrogens is 4. The SMILES string of the molecule is O=[N+]([O-])c1cccc(C(c2cnc3ccccn23)c2cnc3ccccn23)c1. The standard InChI is InChI=1S/C21H15N5O2/c27-26(28)16-7-5-6-15(12-16)21(17-13-22-19-8-1-3-10-24(17)19)18-14-23-20-9-2-4-11-25(18)20/h1-14,21H. The van der Waals surface area contributed by atoms with E-state index in [9.17, 15) is 10.1 Å². The summed E-state index contributed by atoms with van der Waals surface area (Å²) in [5.41, 5.74) is 4.35. The van der Waals surface area contributed by atoms with Crippen LogP contribution in [0.25, 0.3) is 11.3 Å². The summed E-state index contributed by atoms with van der Waals surface area (Å²) in [5, 5.41) is 11.3. The maximum atomic E-state index is 11.3. The average Bonchev–Trinajstić information content (AvgIpc) is 3.34.